The summed E-state index contributed by atoms with van der Waals surface area (Å²) in [5.41, 5.74) is 0.786. The standard InChI is InChI=1S/C10H9NO3/c12-6-2-1-3-8-4-5-9(10(13)14)11-7-8/h1,3-7H,2H2,(H,13,14). The summed E-state index contributed by atoms with van der Waals surface area (Å²) in [5, 5.41) is 8.56. The van der Waals surface area contributed by atoms with Gasteiger partial charge in [-0.15, -0.1) is 0 Å². The number of nitrogens with zero attached hydrogens (tertiary/aromatic N) is 1. The zero-order valence-corrected chi connectivity index (χ0v) is 7.38. The van der Waals surface area contributed by atoms with E-state index in [1.807, 2.05) is 0 Å². The molecule has 0 aromatic carbocycles. The third kappa shape index (κ3) is 2.82. The zero-order valence-electron chi connectivity index (χ0n) is 7.38. The van der Waals surface area contributed by atoms with Crippen LogP contribution in [0.15, 0.2) is 24.4 Å². The molecule has 0 saturated carbocycles. The molecule has 0 radical (unpaired) electrons. The van der Waals surface area contributed by atoms with E-state index in [1.165, 1.54) is 12.3 Å². The van der Waals surface area contributed by atoms with Crippen molar-refractivity contribution in [1.29, 1.82) is 0 Å². The molecule has 0 aliphatic carbocycles. The summed E-state index contributed by atoms with van der Waals surface area (Å²) in [6.45, 7) is 0. The van der Waals surface area contributed by atoms with Crippen molar-refractivity contribution in [2.45, 2.75) is 6.42 Å². The van der Waals surface area contributed by atoms with Gasteiger partial charge in [0.1, 0.15) is 12.0 Å². The maximum absolute atomic E-state index is 10.4. The van der Waals surface area contributed by atoms with Crippen LogP contribution in [0.3, 0.4) is 0 Å². The van der Waals surface area contributed by atoms with Crippen LogP contribution in [0, 0.1) is 0 Å². The summed E-state index contributed by atoms with van der Waals surface area (Å²) in [6.07, 6.45) is 5.98. The molecule has 4 heteroatoms. The van der Waals surface area contributed by atoms with Gasteiger partial charge < -0.3 is 9.90 Å². The van der Waals surface area contributed by atoms with E-state index in [0.717, 1.165) is 11.8 Å². The van der Waals surface area contributed by atoms with Gasteiger partial charge in [0.15, 0.2) is 0 Å². The highest BCUT2D eigenvalue weighted by atomic mass is 16.4. The van der Waals surface area contributed by atoms with Crippen LogP contribution in [0.25, 0.3) is 6.08 Å². The number of carboxylic acid groups (broad SMARTS) is 1. The van der Waals surface area contributed by atoms with Crippen LogP contribution < -0.4 is 0 Å². The number of allylic oxidation sites excluding steroid dienone is 1. The molecule has 4 nitrogen and oxygen atoms in total. The van der Waals surface area contributed by atoms with Gasteiger partial charge in [-0.25, -0.2) is 9.78 Å². The highest BCUT2D eigenvalue weighted by molar-refractivity contribution is 5.85. The number of hydrogen-bond acceptors (Lipinski definition) is 3. The maximum Gasteiger partial charge on any atom is 0.354 e. The third-order valence-corrected chi connectivity index (χ3v) is 1.55. The Morgan fingerprint density at radius 2 is 2.29 bits per heavy atom. The lowest BCUT2D eigenvalue weighted by Crippen LogP contribution is -1.98. The number of aldehydes is 1. The molecule has 72 valence electrons. The van der Waals surface area contributed by atoms with Crippen molar-refractivity contribution >= 4 is 18.3 Å². The van der Waals surface area contributed by atoms with Gasteiger partial charge in [0.25, 0.3) is 0 Å². The largest absolute Gasteiger partial charge is 0.477 e. The quantitative estimate of drug-likeness (QED) is 0.730. The fourth-order valence-corrected chi connectivity index (χ4v) is 0.890. The van der Waals surface area contributed by atoms with Crippen molar-refractivity contribution in [1.82, 2.24) is 4.98 Å². The SMILES string of the molecule is O=CCC=Cc1ccc(C(=O)O)nc1. The van der Waals surface area contributed by atoms with Gasteiger partial charge in [0, 0.05) is 12.6 Å². The van der Waals surface area contributed by atoms with E-state index in [9.17, 15) is 9.59 Å². The molecule has 1 heterocycles. The molecule has 0 saturated heterocycles. The molecule has 1 aromatic heterocycles. The van der Waals surface area contributed by atoms with Gasteiger partial charge in [0.05, 0.1) is 0 Å². The molecule has 0 aliphatic rings. The highest BCUT2D eigenvalue weighted by Gasteiger charge is 2.01. The lowest BCUT2D eigenvalue weighted by atomic mass is 10.2. The minimum Gasteiger partial charge on any atom is -0.477 e. The zero-order chi connectivity index (χ0) is 10.4. The van der Waals surface area contributed by atoms with Crippen LogP contribution in [0.4, 0.5) is 0 Å². The molecule has 1 aromatic rings. The first kappa shape index (κ1) is 10.1. The van der Waals surface area contributed by atoms with Crippen LogP contribution in [0.5, 0.6) is 0 Å². The van der Waals surface area contributed by atoms with E-state index in [4.69, 9.17) is 5.11 Å². The fraction of sp³-hybridized carbons (Fsp3) is 0.100. The van der Waals surface area contributed by atoms with Gasteiger partial charge in [-0.1, -0.05) is 18.2 Å². The van der Waals surface area contributed by atoms with E-state index < -0.39 is 5.97 Å². The first-order valence-electron chi connectivity index (χ1n) is 4.03. The molecule has 0 aliphatic heterocycles. The molecule has 0 atom stereocenters. The summed E-state index contributed by atoms with van der Waals surface area (Å²) < 4.78 is 0. The number of aromatic nitrogens is 1. The van der Waals surface area contributed by atoms with E-state index in [2.05, 4.69) is 4.98 Å². The predicted molar refractivity (Wildman–Crippen MR) is 50.9 cm³/mol. The Bertz CT molecular complexity index is 354. The van der Waals surface area contributed by atoms with Crippen molar-refractivity contribution in [3.63, 3.8) is 0 Å². The Morgan fingerprint density at radius 1 is 1.50 bits per heavy atom. The van der Waals surface area contributed by atoms with Crippen LogP contribution in [0.2, 0.25) is 0 Å². The minimum absolute atomic E-state index is 0.0116. The number of carbonyl (C=O) groups is 2. The summed E-state index contributed by atoms with van der Waals surface area (Å²) in [4.78, 5) is 24.2. The molecule has 1 N–H and O–H groups in total. The van der Waals surface area contributed by atoms with Gasteiger partial charge in [0.2, 0.25) is 0 Å². The highest BCUT2D eigenvalue weighted by Crippen LogP contribution is 2.02. The normalized spacial score (nSPS) is 10.3. The second-order valence-electron chi connectivity index (χ2n) is 2.59. The van der Waals surface area contributed by atoms with E-state index in [0.29, 0.717) is 6.42 Å². The fourth-order valence-electron chi connectivity index (χ4n) is 0.890. The molecule has 0 unspecified atom stereocenters. The van der Waals surface area contributed by atoms with Crippen molar-refractivity contribution < 1.29 is 14.7 Å². The molecular formula is C10H9NO3. The van der Waals surface area contributed by atoms with Gasteiger partial charge in [-0.05, 0) is 11.6 Å². The molecule has 0 fully saturated rings. The lowest BCUT2D eigenvalue weighted by Gasteiger charge is -1.94. The molecule has 1 rings (SSSR count). The van der Waals surface area contributed by atoms with E-state index >= 15 is 0 Å². The number of carboxylic acids is 1. The average molecular weight is 191 g/mol. The molecular weight excluding hydrogens is 182 g/mol. The smallest absolute Gasteiger partial charge is 0.354 e. The van der Waals surface area contributed by atoms with Crippen LogP contribution in [0.1, 0.15) is 22.5 Å². The number of rotatable bonds is 4. The summed E-state index contributed by atoms with van der Waals surface area (Å²) in [7, 11) is 0. The van der Waals surface area contributed by atoms with Crippen molar-refractivity contribution in [3.05, 3.63) is 35.7 Å². The van der Waals surface area contributed by atoms with Crippen molar-refractivity contribution in [3.8, 4) is 0 Å². The Kier molecular flexibility index (Phi) is 3.55. The average Bonchev–Trinajstić information content (AvgIpc) is 2.19. The lowest BCUT2D eigenvalue weighted by molar-refractivity contribution is -0.107. The Labute approximate surface area is 80.9 Å². The topological polar surface area (TPSA) is 67.3 Å². The second-order valence-corrected chi connectivity index (χ2v) is 2.59. The molecule has 0 bridgehead atoms. The summed E-state index contributed by atoms with van der Waals surface area (Å²) in [5.74, 6) is -1.05. The Morgan fingerprint density at radius 3 is 2.79 bits per heavy atom. The number of pyridine rings is 1. The first-order chi connectivity index (χ1) is 6.74. The monoisotopic (exact) mass is 191 g/mol. The van der Waals surface area contributed by atoms with Gasteiger partial charge in [-0.3, -0.25) is 0 Å². The molecule has 14 heavy (non-hydrogen) atoms. The molecule has 0 spiro atoms. The van der Waals surface area contributed by atoms with Crippen molar-refractivity contribution in [2.24, 2.45) is 0 Å². The van der Waals surface area contributed by atoms with Crippen LogP contribution >= 0.6 is 0 Å². The van der Waals surface area contributed by atoms with Crippen LogP contribution in [-0.4, -0.2) is 22.3 Å². The number of hydrogen-bond donors (Lipinski definition) is 1. The maximum atomic E-state index is 10.4. The summed E-state index contributed by atoms with van der Waals surface area (Å²) in [6, 6.07) is 3.06. The van der Waals surface area contributed by atoms with E-state index in [-0.39, 0.29) is 5.69 Å². The Balaban J connectivity index is 2.73. The van der Waals surface area contributed by atoms with Gasteiger partial charge in [-0.2, -0.15) is 0 Å². The summed E-state index contributed by atoms with van der Waals surface area (Å²) >= 11 is 0. The first-order valence-corrected chi connectivity index (χ1v) is 4.03. The van der Waals surface area contributed by atoms with E-state index in [1.54, 1.807) is 18.2 Å². The minimum atomic E-state index is -1.05. The predicted octanol–water partition coefficient (Wildman–Crippen LogP) is 1.38. The van der Waals surface area contributed by atoms with Crippen molar-refractivity contribution in [2.75, 3.05) is 0 Å². The Hall–Kier alpha value is -1.97. The molecule has 0 amide bonds. The van der Waals surface area contributed by atoms with Gasteiger partial charge >= 0.3 is 5.97 Å². The van der Waals surface area contributed by atoms with Crippen LogP contribution in [-0.2, 0) is 4.79 Å². The third-order valence-electron chi connectivity index (χ3n) is 1.55. The second kappa shape index (κ2) is 4.91. The number of carbonyl (C=O) groups excluding carboxylic acids is 1. The number of aromatic carboxylic acids is 1.